The highest BCUT2D eigenvalue weighted by Gasteiger charge is 2.18. The van der Waals surface area contributed by atoms with Gasteiger partial charge in [-0.15, -0.1) is 0 Å². The second-order valence-electron chi connectivity index (χ2n) is 4.16. The minimum absolute atomic E-state index is 0.875. The topological polar surface area (TPSA) is 0 Å². The van der Waals surface area contributed by atoms with Crippen molar-refractivity contribution in [2.45, 2.75) is 38.0 Å². The van der Waals surface area contributed by atoms with Crippen LogP contribution in [0.3, 0.4) is 0 Å². The molecule has 1 aliphatic carbocycles. The monoisotopic (exact) mass is 252 g/mol. The number of benzene rings is 1. The zero-order chi connectivity index (χ0) is 9.80. The van der Waals surface area contributed by atoms with E-state index in [-0.39, 0.29) is 0 Å². The molecule has 76 valence electrons. The smallest absolute Gasteiger partial charge is 0.00344 e. The number of aryl methyl sites for hydroxylation is 1. The fraction of sp³-hybridized carbons (Fsp3) is 0.538. The molecule has 1 fully saturated rings. The summed E-state index contributed by atoms with van der Waals surface area (Å²) in [5, 5.41) is 1.11. The van der Waals surface area contributed by atoms with Gasteiger partial charge in [0.25, 0.3) is 0 Å². The third kappa shape index (κ3) is 2.38. The minimum atomic E-state index is 0.875. The van der Waals surface area contributed by atoms with Crippen LogP contribution in [0.15, 0.2) is 24.3 Å². The summed E-state index contributed by atoms with van der Waals surface area (Å²) in [6.07, 6.45) is 6.68. The van der Waals surface area contributed by atoms with E-state index in [1.165, 1.54) is 37.7 Å². The number of hydrogen-bond acceptors (Lipinski definition) is 0. The lowest BCUT2D eigenvalue weighted by atomic mass is 9.80. The van der Waals surface area contributed by atoms with E-state index < -0.39 is 0 Å². The second kappa shape index (κ2) is 4.97. The van der Waals surface area contributed by atoms with Crippen LogP contribution >= 0.6 is 15.9 Å². The van der Waals surface area contributed by atoms with Gasteiger partial charge in [-0.1, -0.05) is 46.6 Å². The van der Waals surface area contributed by atoms with E-state index in [0.29, 0.717) is 0 Å². The quantitative estimate of drug-likeness (QED) is 0.702. The summed E-state index contributed by atoms with van der Waals surface area (Å²) < 4.78 is 0. The van der Waals surface area contributed by atoms with Crippen LogP contribution in [0.1, 0.15) is 42.7 Å². The van der Waals surface area contributed by atoms with Gasteiger partial charge in [-0.3, -0.25) is 0 Å². The Balaban J connectivity index is 1.95. The van der Waals surface area contributed by atoms with E-state index in [0.717, 1.165) is 11.2 Å². The molecule has 0 saturated heterocycles. The molecule has 0 heterocycles. The first-order chi connectivity index (χ1) is 6.90. The van der Waals surface area contributed by atoms with Crippen molar-refractivity contribution in [1.29, 1.82) is 0 Å². The zero-order valence-electron chi connectivity index (χ0n) is 8.51. The van der Waals surface area contributed by atoms with Crippen LogP contribution in [0.4, 0.5) is 0 Å². The van der Waals surface area contributed by atoms with Crippen molar-refractivity contribution in [1.82, 2.24) is 0 Å². The number of rotatable bonds is 4. The molecule has 0 amide bonds. The van der Waals surface area contributed by atoms with Gasteiger partial charge in [0.15, 0.2) is 0 Å². The third-order valence-electron chi connectivity index (χ3n) is 3.16. The lowest BCUT2D eigenvalue weighted by molar-refractivity contribution is 0.419. The molecule has 2 rings (SSSR count). The summed E-state index contributed by atoms with van der Waals surface area (Å²) in [5.74, 6) is 0.875. The molecule has 14 heavy (non-hydrogen) atoms. The molecular weight excluding hydrogens is 236 g/mol. The van der Waals surface area contributed by atoms with Crippen LogP contribution in [0, 0.1) is 0 Å². The van der Waals surface area contributed by atoms with Gasteiger partial charge in [0.2, 0.25) is 0 Å². The van der Waals surface area contributed by atoms with Crippen LogP contribution in [0.25, 0.3) is 0 Å². The summed E-state index contributed by atoms with van der Waals surface area (Å²) in [6, 6.07) is 9.26. The average Bonchev–Trinajstić information content (AvgIpc) is 2.14. The summed E-state index contributed by atoms with van der Waals surface area (Å²) in [6.45, 7) is 0. The molecule has 1 aliphatic rings. The van der Waals surface area contributed by atoms with Gasteiger partial charge in [0.1, 0.15) is 0 Å². The molecule has 0 N–H and O–H groups in total. The Labute approximate surface area is 94.8 Å². The molecule has 0 radical (unpaired) electrons. The Kier molecular flexibility index (Phi) is 3.63. The van der Waals surface area contributed by atoms with Gasteiger partial charge >= 0.3 is 0 Å². The van der Waals surface area contributed by atoms with Gasteiger partial charge < -0.3 is 0 Å². The molecule has 0 unspecified atom stereocenters. The lowest BCUT2D eigenvalue weighted by Crippen LogP contribution is -2.08. The van der Waals surface area contributed by atoms with Gasteiger partial charge in [0, 0.05) is 5.33 Å². The number of halogens is 1. The van der Waals surface area contributed by atoms with Crippen molar-refractivity contribution in [3.05, 3.63) is 35.4 Å². The molecule has 1 aromatic carbocycles. The SMILES string of the molecule is BrCCCc1ccc(C2CCC2)cc1. The molecule has 0 nitrogen and oxygen atoms in total. The van der Waals surface area contributed by atoms with Crippen molar-refractivity contribution in [2.75, 3.05) is 5.33 Å². The van der Waals surface area contributed by atoms with Gasteiger partial charge in [-0.05, 0) is 42.7 Å². The lowest BCUT2D eigenvalue weighted by Gasteiger charge is -2.25. The predicted molar refractivity (Wildman–Crippen MR) is 65.1 cm³/mol. The highest BCUT2D eigenvalue weighted by molar-refractivity contribution is 9.09. The van der Waals surface area contributed by atoms with Crippen LogP contribution < -0.4 is 0 Å². The van der Waals surface area contributed by atoms with Gasteiger partial charge in [-0.2, -0.15) is 0 Å². The van der Waals surface area contributed by atoms with Crippen LogP contribution in [0.5, 0.6) is 0 Å². The maximum absolute atomic E-state index is 3.46. The highest BCUT2D eigenvalue weighted by atomic mass is 79.9. The molecule has 0 aromatic heterocycles. The first kappa shape index (κ1) is 10.2. The van der Waals surface area contributed by atoms with E-state index in [1.54, 1.807) is 5.56 Å². The van der Waals surface area contributed by atoms with E-state index in [2.05, 4.69) is 40.2 Å². The fourth-order valence-electron chi connectivity index (χ4n) is 1.97. The molecule has 1 aromatic rings. The van der Waals surface area contributed by atoms with Gasteiger partial charge in [-0.25, -0.2) is 0 Å². The summed E-state index contributed by atoms with van der Waals surface area (Å²) in [4.78, 5) is 0. The largest absolute Gasteiger partial charge is 0.0928 e. The molecule has 0 spiro atoms. The minimum Gasteiger partial charge on any atom is -0.0928 e. The predicted octanol–water partition coefficient (Wildman–Crippen LogP) is 4.28. The van der Waals surface area contributed by atoms with E-state index in [9.17, 15) is 0 Å². The normalized spacial score (nSPS) is 16.6. The van der Waals surface area contributed by atoms with E-state index in [1.807, 2.05) is 0 Å². The van der Waals surface area contributed by atoms with Crippen molar-refractivity contribution in [3.8, 4) is 0 Å². The van der Waals surface area contributed by atoms with E-state index in [4.69, 9.17) is 0 Å². The zero-order valence-corrected chi connectivity index (χ0v) is 10.1. The standard InChI is InChI=1S/C13H17Br/c14-10-2-3-11-6-8-13(9-7-11)12-4-1-5-12/h6-9,12H,1-5,10H2. The third-order valence-corrected chi connectivity index (χ3v) is 3.72. The second-order valence-corrected chi connectivity index (χ2v) is 4.95. The molecule has 0 atom stereocenters. The van der Waals surface area contributed by atoms with Crippen molar-refractivity contribution in [2.24, 2.45) is 0 Å². The van der Waals surface area contributed by atoms with Crippen LogP contribution in [-0.4, -0.2) is 5.33 Å². The Morgan fingerprint density at radius 3 is 2.36 bits per heavy atom. The Bertz CT molecular complexity index is 272. The average molecular weight is 253 g/mol. The molecule has 1 heteroatoms. The highest BCUT2D eigenvalue weighted by Crippen LogP contribution is 2.36. The first-order valence-corrected chi connectivity index (χ1v) is 6.67. The summed E-state index contributed by atoms with van der Waals surface area (Å²) in [5.41, 5.74) is 3.03. The molecule has 1 saturated carbocycles. The summed E-state index contributed by atoms with van der Waals surface area (Å²) >= 11 is 3.46. The fourth-order valence-corrected chi connectivity index (χ4v) is 2.25. The Morgan fingerprint density at radius 1 is 1.14 bits per heavy atom. The van der Waals surface area contributed by atoms with Gasteiger partial charge in [0.05, 0.1) is 0 Å². The Morgan fingerprint density at radius 2 is 1.86 bits per heavy atom. The molecular formula is C13H17Br. The number of alkyl halides is 1. The maximum atomic E-state index is 3.46. The van der Waals surface area contributed by atoms with Crippen molar-refractivity contribution >= 4 is 15.9 Å². The van der Waals surface area contributed by atoms with Crippen LogP contribution in [-0.2, 0) is 6.42 Å². The molecule has 0 bridgehead atoms. The van der Waals surface area contributed by atoms with Crippen molar-refractivity contribution < 1.29 is 0 Å². The van der Waals surface area contributed by atoms with Crippen molar-refractivity contribution in [3.63, 3.8) is 0 Å². The maximum Gasteiger partial charge on any atom is 0.00344 e. The Hall–Kier alpha value is -0.300. The first-order valence-electron chi connectivity index (χ1n) is 5.55. The molecule has 0 aliphatic heterocycles. The van der Waals surface area contributed by atoms with E-state index >= 15 is 0 Å². The number of hydrogen-bond donors (Lipinski definition) is 0. The summed E-state index contributed by atoms with van der Waals surface area (Å²) in [7, 11) is 0. The van der Waals surface area contributed by atoms with Crippen LogP contribution in [0.2, 0.25) is 0 Å².